The number of carboxylic acid groups (broad SMARTS) is 1. The van der Waals surface area contributed by atoms with Gasteiger partial charge in [0.1, 0.15) is 5.69 Å². The summed E-state index contributed by atoms with van der Waals surface area (Å²) >= 11 is 0. The number of carbonyl (C=O) groups excluding carboxylic acids is 1. The maximum absolute atomic E-state index is 11.6. The van der Waals surface area contributed by atoms with Gasteiger partial charge in [0.05, 0.1) is 11.8 Å². The number of sulfonamides is 1. The Hall–Kier alpha value is -2.00. The molecule has 1 aromatic rings. The van der Waals surface area contributed by atoms with E-state index in [2.05, 4.69) is 15.0 Å². The van der Waals surface area contributed by atoms with Crippen LogP contribution in [0.15, 0.2) is 18.3 Å². The number of pyridine rings is 1. The maximum atomic E-state index is 11.6. The van der Waals surface area contributed by atoms with Crippen molar-refractivity contribution in [2.24, 2.45) is 0 Å². The third-order valence-corrected chi connectivity index (χ3v) is 2.75. The fourth-order valence-electron chi connectivity index (χ4n) is 1.17. The van der Waals surface area contributed by atoms with E-state index < -0.39 is 21.9 Å². The van der Waals surface area contributed by atoms with Crippen LogP contribution in [0.1, 0.15) is 20.8 Å². The molecule has 1 aromatic heterocycles. The number of hydrogen-bond acceptors (Lipinski definition) is 5. The molecule has 0 aliphatic heterocycles. The minimum atomic E-state index is -3.28. The highest BCUT2D eigenvalue weighted by molar-refractivity contribution is 7.88. The lowest BCUT2D eigenvalue weighted by atomic mass is 10.2. The fraction of sp³-hybridized carbons (Fsp3) is 0.300. The van der Waals surface area contributed by atoms with E-state index in [-0.39, 0.29) is 24.3 Å². The number of hydrogen-bond donors (Lipinski definition) is 3. The molecule has 0 saturated carbocycles. The van der Waals surface area contributed by atoms with E-state index in [0.717, 1.165) is 12.5 Å². The van der Waals surface area contributed by atoms with Crippen LogP contribution in [-0.4, -0.2) is 49.7 Å². The summed E-state index contributed by atoms with van der Waals surface area (Å²) in [4.78, 5) is 25.7. The molecule has 19 heavy (non-hydrogen) atoms. The molecule has 3 N–H and O–H groups in total. The first-order valence-electron chi connectivity index (χ1n) is 5.22. The molecule has 9 heteroatoms. The number of aromatic nitrogens is 1. The van der Waals surface area contributed by atoms with Gasteiger partial charge in [-0.1, -0.05) is 0 Å². The smallest absolute Gasteiger partial charge is 0.354 e. The molecular formula is C10H13N3O5S. The third-order valence-electron chi connectivity index (χ3n) is 2.02. The van der Waals surface area contributed by atoms with Gasteiger partial charge < -0.3 is 10.4 Å². The summed E-state index contributed by atoms with van der Waals surface area (Å²) in [5, 5.41) is 11.1. The number of aromatic carboxylic acids is 1. The molecule has 0 spiro atoms. The van der Waals surface area contributed by atoms with Crippen LogP contribution in [0.3, 0.4) is 0 Å². The summed E-state index contributed by atoms with van der Waals surface area (Å²) in [6.07, 6.45) is 2.16. The fourth-order valence-corrected chi connectivity index (χ4v) is 1.64. The topological polar surface area (TPSA) is 125 Å². The summed E-state index contributed by atoms with van der Waals surface area (Å²) < 4.78 is 23.7. The van der Waals surface area contributed by atoms with Crippen LogP contribution in [0.25, 0.3) is 0 Å². The Kier molecular flexibility index (Phi) is 4.95. The van der Waals surface area contributed by atoms with Gasteiger partial charge in [-0.2, -0.15) is 0 Å². The van der Waals surface area contributed by atoms with Gasteiger partial charge in [0, 0.05) is 19.3 Å². The lowest BCUT2D eigenvalue weighted by molar-refractivity contribution is 0.0689. The van der Waals surface area contributed by atoms with E-state index >= 15 is 0 Å². The Bertz CT molecular complexity index is 567. The summed E-state index contributed by atoms with van der Waals surface area (Å²) in [5.41, 5.74) is 0.0413. The number of amides is 1. The summed E-state index contributed by atoms with van der Waals surface area (Å²) in [6.45, 7) is 0.192. The van der Waals surface area contributed by atoms with Crippen LogP contribution in [0.5, 0.6) is 0 Å². The van der Waals surface area contributed by atoms with Gasteiger partial charge in [0.25, 0.3) is 5.91 Å². The van der Waals surface area contributed by atoms with Crippen molar-refractivity contribution in [1.82, 2.24) is 15.0 Å². The zero-order valence-corrected chi connectivity index (χ0v) is 10.9. The van der Waals surface area contributed by atoms with Crippen molar-refractivity contribution in [2.45, 2.75) is 0 Å². The molecule has 0 radical (unpaired) electrons. The van der Waals surface area contributed by atoms with Crippen molar-refractivity contribution < 1.29 is 23.1 Å². The molecule has 8 nitrogen and oxygen atoms in total. The first-order chi connectivity index (χ1) is 8.79. The highest BCUT2D eigenvalue weighted by Gasteiger charge is 2.08. The predicted molar refractivity (Wildman–Crippen MR) is 66.4 cm³/mol. The number of rotatable bonds is 6. The Balaban J connectivity index is 2.48. The van der Waals surface area contributed by atoms with Gasteiger partial charge in [0.2, 0.25) is 10.0 Å². The van der Waals surface area contributed by atoms with Crippen molar-refractivity contribution in [2.75, 3.05) is 19.3 Å². The van der Waals surface area contributed by atoms with E-state index in [1.165, 1.54) is 12.1 Å². The van der Waals surface area contributed by atoms with Crippen LogP contribution in [0.2, 0.25) is 0 Å². The molecule has 1 heterocycles. The van der Waals surface area contributed by atoms with Gasteiger partial charge in [-0.25, -0.2) is 22.9 Å². The van der Waals surface area contributed by atoms with E-state index in [0.29, 0.717) is 0 Å². The normalized spacial score (nSPS) is 11.0. The molecule has 104 valence electrons. The molecule has 0 atom stereocenters. The van der Waals surface area contributed by atoms with Crippen LogP contribution in [0, 0.1) is 0 Å². The minimum absolute atomic E-state index is 0.0746. The molecular weight excluding hydrogens is 274 g/mol. The summed E-state index contributed by atoms with van der Waals surface area (Å²) in [6, 6.07) is 2.54. The Morgan fingerprint density at radius 2 is 2.00 bits per heavy atom. The molecule has 1 amide bonds. The average molecular weight is 287 g/mol. The monoisotopic (exact) mass is 287 g/mol. The van der Waals surface area contributed by atoms with E-state index in [9.17, 15) is 18.0 Å². The van der Waals surface area contributed by atoms with Crippen LogP contribution in [0.4, 0.5) is 0 Å². The number of carboxylic acids is 1. The summed E-state index contributed by atoms with van der Waals surface area (Å²) in [7, 11) is -3.28. The maximum Gasteiger partial charge on any atom is 0.354 e. The van der Waals surface area contributed by atoms with Crippen molar-refractivity contribution >= 4 is 21.9 Å². The zero-order valence-electron chi connectivity index (χ0n) is 10.1. The van der Waals surface area contributed by atoms with Crippen LogP contribution < -0.4 is 10.0 Å². The zero-order chi connectivity index (χ0) is 14.5. The van der Waals surface area contributed by atoms with Crippen LogP contribution >= 0.6 is 0 Å². The Morgan fingerprint density at radius 3 is 2.47 bits per heavy atom. The summed E-state index contributed by atoms with van der Waals surface area (Å²) in [5.74, 6) is -1.64. The quantitative estimate of drug-likeness (QED) is 0.580. The third kappa shape index (κ3) is 5.44. The molecule has 0 aliphatic rings. The molecule has 0 aliphatic carbocycles. The van der Waals surface area contributed by atoms with Gasteiger partial charge >= 0.3 is 5.97 Å². The number of carbonyl (C=O) groups is 2. The largest absolute Gasteiger partial charge is 0.477 e. The number of nitrogens with one attached hydrogen (secondary N) is 2. The average Bonchev–Trinajstić information content (AvgIpc) is 2.33. The molecule has 0 aromatic carbocycles. The minimum Gasteiger partial charge on any atom is -0.477 e. The van der Waals surface area contributed by atoms with E-state index in [4.69, 9.17) is 5.11 Å². The highest BCUT2D eigenvalue weighted by Crippen LogP contribution is 2.00. The van der Waals surface area contributed by atoms with E-state index in [1.54, 1.807) is 0 Å². The first kappa shape index (κ1) is 15.1. The Labute approximate surface area is 109 Å². The second-order valence-electron chi connectivity index (χ2n) is 3.66. The van der Waals surface area contributed by atoms with Gasteiger partial charge in [0.15, 0.2) is 0 Å². The van der Waals surface area contributed by atoms with Gasteiger partial charge in [-0.05, 0) is 12.1 Å². The predicted octanol–water partition coefficient (Wildman–Crippen LogP) is -0.941. The van der Waals surface area contributed by atoms with Crippen molar-refractivity contribution in [3.05, 3.63) is 29.6 Å². The van der Waals surface area contributed by atoms with Crippen molar-refractivity contribution in [3.8, 4) is 0 Å². The second kappa shape index (κ2) is 6.25. The van der Waals surface area contributed by atoms with Gasteiger partial charge in [-0.15, -0.1) is 0 Å². The first-order valence-corrected chi connectivity index (χ1v) is 7.11. The molecule has 0 bridgehead atoms. The van der Waals surface area contributed by atoms with Crippen LogP contribution in [-0.2, 0) is 10.0 Å². The SMILES string of the molecule is CS(=O)(=O)NCCNC(=O)c1ccc(C(=O)O)nc1. The molecule has 1 rings (SSSR count). The van der Waals surface area contributed by atoms with Gasteiger partial charge in [-0.3, -0.25) is 4.79 Å². The lowest BCUT2D eigenvalue weighted by Crippen LogP contribution is -2.34. The standard InChI is InChI=1S/C10H13N3O5S/c1-19(17,18)13-5-4-11-9(14)7-2-3-8(10(15)16)12-6-7/h2-3,6,13H,4-5H2,1H3,(H,11,14)(H,15,16). The van der Waals surface area contributed by atoms with E-state index in [1.807, 2.05) is 0 Å². The molecule has 0 saturated heterocycles. The number of nitrogens with zero attached hydrogens (tertiary/aromatic N) is 1. The molecule has 0 unspecified atom stereocenters. The Morgan fingerprint density at radius 1 is 1.32 bits per heavy atom. The van der Waals surface area contributed by atoms with Crippen molar-refractivity contribution in [1.29, 1.82) is 0 Å². The van der Waals surface area contributed by atoms with Crippen molar-refractivity contribution in [3.63, 3.8) is 0 Å². The molecule has 0 fully saturated rings. The second-order valence-corrected chi connectivity index (χ2v) is 5.49. The lowest BCUT2D eigenvalue weighted by Gasteiger charge is -2.05. The highest BCUT2D eigenvalue weighted by atomic mass is 32.2.